The largest absolute Gasteiger partial charge is 0.421 e. The predicted octanol–water partition coefficient (Wildman–Crippen LogP) is 0.494. The van der Waals surface area contributed by atoms with E-state index < -0.39 is 6.10 Å². The molecule has 2 atom stereocenters. The third-order valence-electron chi connectivity index (χ3n) is 2.26. The Bertz CT molecular complexity index is 342. The van der Waals surface area contributed by atoms with E-state index in [0.717, 1.165) is 0 Å². The van der Waals surface area contributed by atoms with Gasteiger partial charge in [-0.2, -0.15) is 0 Å². The molecule has 1 heterocycles. The Hall–Kier alpha value is -1.20. The Morgan fingerprint density at radius 1 is 1.57 bits per heavy atom. The van der Waals surface area contributed by atoms with Crippen molar-refractivity contribution >= 4 is 0 Å². The Morgan fingerprint density at radius 3 is 2.86 bits per heavy atom. The minimum absolute atomic E-state index is 0.168. The Balaban J connectivity index is 2.07. The summed E-state index contributed by atoms with van der Waals surface area (Å²) < 4.78 is 5.28. The van der Waals surface area contributed by atoms with E-state index in [-0.39, 0.29) is 17.9 Å². The van der Waals surface area contributed by atoms with E-state index in [1.165, 1.54) is 0 Å². The van der Waals surface area contributed by atoms with Crippen LogP contribution in [0.25, 0.3) is 0 Å². The molecule has 14 heavy (non-hydrogen) atoms. The van der Waals surface area contributed by atoms with Crippen LogP contribution in [0.15, 0.2) is 16.6 Å². The van der Waals surface area contributed by atoms with Crippen LogP contribution in [-0.2, 0) is 0 Å². The Kier molecular flexibility index (Phi) is 2.35. The predicted molar refractivity (Wildman–Crippen MR) is 49.4 cm³/mol. The lowest BCUT2D eigenvalue weighted by Crippen LogP contribution is -2.27. The van der Waals surface area contributed by atoms with Gasteiger partial charge in [0.05, 0.1) is 5.92 Å². The molecule has 2 rings (SSSR count). The maximum Gasteiger partial charge on any atom is 0.246 e. The van der Waals surface area contributed by atoms with Gasteiger partial charge >= 0.3 is 0 Å². The van der Waals surface area contributed by atoms with Gasteiger partial charge in [0.2, 0.25) is 11.8 Å². The average Bonchev–Trinajstić information content (AvgIpc) is 2.94. The average molecular weight is 195 g/mol. The molecular formula is C9H13N3O2. The van der Waals surface area contributed by atoms with Crippen molar-refractivity contribution < 1.29 is 9.52 Å². The summed E-state index contributed by atoms with van der Waals surface area (Å²) in [4.78, 5) is 0. The molecule has 0 fully saturated rings. The molecule has 0 amide bonds. The number of aliphatic hydroxyl groups is 1. The minimum Gasteiger partial charge on any atom is -0.421 e. The van der Waals surface area contributed by atoms with Crippen molar-refractivity contribution in [3.05, 3.63) is 23.9 Å². The number of rotatable bonds is 4. The lowest BCUT2D eigenvalue weighted by atomic mass is 10.1. The van der Waals surface area contributed by atoms with Gasteiger partial charge in [0, 0.05) is 6.04 Å². The highest BCUT2D eigenvalue weighted by atomic mass is 16.4. The lowest BCUT2D eigenvalue weighted by Gasteiger charge is -2.12. The maximum atomic E-state index is 9.66. The van der Waals surface area contributed by atoms with Crippen molar-refractivity contribution in [3.8, 4) is 0 Å². The zero-order chi connectivity index (χ0) is 10.1. The van der Waals surface area contributed by atoms with Crippen molar-refractivity contribution in [1.29, 1.82) is 0 Å². The van der Waals surface area contributed by atoms with Gasteiger partial charge in [-0.1, -0.05) is 19.1 Å². The normalized spacial score (nSPS) is 19.6. The van der Waals surface area contributed by atoms with E-state index >= 15 is 0 Å². The van der Waals surface area contributed by atoms with Crippen molar-refractivity contribution in [1.82, 2.24) is 10.2 Å². The molecule has 1 aliphatic rings. The zero-order valence-electron chi connectivity index (χ0n) is 7.92. The standard InChI is InChI=1S/C9H13N3O2/c1-2-6(10)7(13)9-12-11-8(14-9)5-3-4-5/h3-7,13H,2,10H2,1H3/t6-,7?/m0/s1. The van der Waals surface area contributed by atoms with Crippen LogP contribution in [-0.4, -0.2) is 21.3 Å². The molecule has 1 aromatic heterocycles. The maximum absolute atomic E-state index is 9.66. The number of hydrogen-bond donors (Lipinski definition) is 2. The second-order valence-electron chi connectivity index (χ2n) is 3.41. The van der Waals surface area contributed by atoms with Crippen LogP contribution in [0.4, 0.5) is 0 Å². The highest BCUT2D eigenvalue weighted by Crippen LogP contribution is 2.29. The number of nitrogens with zero attached hydrogens (tertiary/aromatic N) is 2. The van der Waals surface area contributed by atoms with E-state index in [4.69, 9.17) is 10.2 Å². The highest BCUT2D eigenvalue weighted by molar-refractivity contribution is 5.27. The monoisotopic (exact) mass is 195 g/mol. The third kappa shape index (κ3) is 1.69. The van der Waals surface area contributed by atoms with Gasteiger partial charge in [-0.05, 0) is 6.42 Å². The second-order valence-corrected chi connectivity index (χ2v) is 3.41. The second kappa shape index (κ2) is 3.51. The quantitative estimate of drug-likeness (QED) is 0.683. The molecule has 1 aromatic rings. The summed E-state index contributed by atoms with van der Waals surface area (Å²) in [7, 11) is 0. The molecule has 0 aromatic carbocycles. The first-order valence-electron chi connectivity index (χ1n) is 4.67. The first-order chi connectivity index (χ1) is 6.72. The highest BCUT2D eigenvalue weighted by Gasteiger charge is 2.25. The number of hydrogen-bond acceptors (Lipinski definition) is 5. The fourth-order valence-electron chi connectivity index (χ4n) is 1.13. The van der Waals surface area contributed by atoms with Gasteiger partial charge < -0.3 is 15.3 Å². The zero-order valence-corrected chi connectivity index (χ0v) is 7.92. The molecular weight excluding hydrogens is 182 g/mol. The first-order valence-corrected chi connectivity index (χ1v) is 4.67. The number of allylic oxidation sites excluding steroid dienone is 2. The molecule has 1 unspecified atom stereocenters. The van der Waals surface area contributed by atoms with E-state index in [1.807, 2.05) is 19.1 Å². The van der Waals surface area contributed by atoms with Crippen LogP contribution in [0.1, 0.15) is 37.1 Å². The van der Waals surface area contributed by atoms with E-state index in [2.05, 4.69) is 10.2 Å². The van der Waals surface area contributed by atoms with Crippen LogP contribution < -0.4 is 5.73 Å². The molecule has 0 saturated carbocycles. The van der Waals surface area contributed by atoms with Gasteiger partial charge in [0.15, 0.2) is 0 Å². The van der Waals surface area contributed by atoms with Crippen molar-refractivity contribution in [2.24, 2.45) is 5.73 Å². The Morgan fingerprint density at radius 2 is 2.29 bits per heavy atom. The molecule has 5 nitrogen and oxygen atoms in total. The molecule has 0 bridgehead atoms. The van der Waals surface area contributed by atoms with Gasteiger partial charge in [0.25, 0.3) is 0 Å². The molecule has 1 aliphatic carbocycles. The van der Waals surface area contributed by atoms with E-state index in [9.17, 15) is 5.11 Å². The summed E-state index contributed by atoms with van der Waals surface area (Å²) in [5, 5.41) is 17.2. The molecule has 0 radical (unpaired) electrons. The third-order valence-corrected chi connectivity index (χ3v) is 2.26. The molecule has 0 aliphatic heterocycles. The van der Waals surface area contributed by atoms with Crippen molar-refractivity contribution in [2.45, 2.75) is 31.4 Å². The van der Waals surface area contributed by atoms with Crippen LogP contribution in [0.2, 0.25) is 0 Å². The Labute approximate surface area is 81.6 Å². The minimum atomic E-state index is -0.861. The summed E-state index contributed by atoms with van der Waals surface area (Å²) in [5.41, 5.74) is 5.66. The number of nitrogens with two attached hydrogens (primary N) is 1. The summed E-state index contributed by atoms with van der Waals surface area (Å²) in [6.07, 6.45) is 3.70. The van der Waals surface area contributed by atoms with Crippen LogP contribution in [0.5, 0.6) is 0 Å². The summed E-state index contributed by atoms with van der Waals surface area (Å²) >= 11 is 0. The molecule has 76 valence electrons. The fourth-order valence-corrected chi connectivity index (χ4v) is 1.13. The molecule has 0 saturated heterocycles. The fraction of sp³-hybridized carbons (Fsp3) is 0.556. The molecule has 3 N–H and O–H groups in total. The summed E-state index contributed by atoms with van der Waals surface area (Å²) in [6.45, 7) is 1.90. The van der Waals surface area contributed by atoms with E-state index in [0.29, 0.717) is 12.3 Å². The van der Waals surface area contributed by atoms with Crippen molar-refractivity contribution in [2.75, 3.05) is 0 Å². The van der Waals surface area contributed by atoms with Gasteiger partial charge in [-0.3, -0.25) is 0 Å². The van der Waals surface area contributed by atoms with Crippen LogP contribution in [0.3, 0.4) is 0 Å². The smallest absolute Gasteiger partial charge is 0.246 e. The molecule has 0 spiro atoms. The lowest BCUT2D eigenvalue weighted by molar-refractivity contribution is 0.112. The SMILES string of the molecule is CC[C@H](N)C(O)c1nnc(C2C=C2)o1. The van der Waals surface area contributed by atoms with E-state index in [1.54, 1.807) is 0 Å². The number of aromatic nitrogens is 2. The van der Waals surface area contributed by atoms with Crippen molar-refractivity contribution in [3.63, 3.8) is 0 Å². The van der Waals surface area contributed by atoms with Crippen LogP contribution >= 0.6 is 0 Å². The van der Waals surface area contributed by atoms with Gasteiger partial charge in [-0.15, -0.1) is 10.2 Å². The van der Waals surface area contributed by atoms with Gasteiger partial charge in [0.1, 0.15) is 6.10 Å². The summed E-state index contributed by atoms with van der Waals surface area (Å²) in [6, 6.07) is -0.351. The topological polar surface area (TPSA) is 85.2 Å². The van der Waals surface area contributed by atoms with Gasteiger partial charge in [-0.25, -0.2) is 0 Å². The number of aliphatic hydroxyl groups excluding tert-OH is 1. The molecule has 5 heteroatoms. The first kappa shape index (κ1) is 9.36. The summed E-state index contributed by atoms with van der Waals surface area (Å²) in [5.74, 6) is 0.909. The van der Waals surface area contributed by atoms with Crippen LogP contribution in [0, 0.1) is 0 Å².